The summed E-state index contributed by atoms with van der Waals surface area (Å²) in [6.07, 6.45) is 13.0. The topological polar surface area (TPSA) is 38.0 Å². The maximum atomic E-state index is 5.35. The van der Waals surface area contributed by atoms with Crippen LogP contribution < -0.4 is 11.1 Å². The Hall–Kier alpha value is -0.860. The Balaban J connectivity index is 3.46. The Morgan fingerprint density at radius 3 is 2.65 bits per heavy atom. The van der Waals surface area contributed by atoms with Gasteiger partial charge in [0.25, 0.3) is 0 Å². The van der Waals surface area contributed by atoms with Crippen LogP contribution >= 0.6 is 0 Å². The maximum absolute atomic E-state index is 5.35. The second-order valence-corrected chi connectivity index (χ2v) is 4.34. The SMILES string of the molecule is C/C=C(\C)C(C)C/C=C\CNCC/C=C\CN. The van der Waals surface area contributed by atoms with E-state index in [9.17, 15) is 0 Å². The Morgan fingerprint density at radius 2 is 2.00 bits per heavy atom. The summed E-state index contributed by atoms with van der Waals surface area (Å²) in [5.74, 6) is 0.656. The average Bonchev–Trinajstić information content (AvgIpc) is 2.35. The van der Waals surface area contributed by atoms with Crippen molar-refractivity contribution in [1.82, 2.24) is 5.32 Å². The van der Waals surface area contributed by atoms with Crippen molar-refractivity contribution in [2.24, 2.45) is 11.7 Å². The third-order valence-corrected chi connectivity index (χ3v) is 2.94. The van der Waals surface area contributed by atoms with Crippen LogP contribution in [0, 0.1) is 5.92 Å². The largest absolute Gasteiger partial charge is 0.327 e. The van der Waals surface area contributed by atoms with Crippen molar-refractivity contribution in [3.63, 3.8) is 0 Å². The first-order valence-corrected chi connectivity index (χ1v) is 6.56. The molecule has 1 atom stereocenters. The van der Waals surface area contributed by atoms with Gasteiger partial charge in [-0.3, -0.25) is 0 Å². The fourth-order valence-corrected chi connectivity index (χ4v) is 1.44. The molecule has 17 heavy (non-hydrogen) atoms. The van der Waals surface area contributed by atoms with Gasteiger partial charge in [0.2, 0.25) is 0 Å². The van der Waals surface area contributed by atoms with Crippen LogP contribution in [0.1, 0.15) is 33.6 Å². The number of hydrogen-bond donors (Lipinski definition) is 2. The molecule has 0 radical (unpaired) electrons. The summed E-state index contributed by atoms with van der Waals surface area (Å²) < 4.78 is 0. The Labute approximate surface area is 107 Å². The zero-order valence-electron chi connectivity index (χ0n) is 11.6. The first-order chi connectivity index (χ1) is 8.22. The molecule has 0 fully saturated rings. The number of nitrogens with one attached hydrogen (secondary N) is 1. The molecule has 0 aromatic carbocycles. The van der Waals surface area contributed by atoms with Gasteiger partial charge in [0.05, 0.1) is 0 Å². The molecule has 0 aromatic rings. The third kappa shape index (κ3) is 10.0. The van der Waals surface area contributed by atoms with Crippen molar-refractivity contribution >= 4 is 0 Å². The van der Waals surface area contributed by atoms with Crippen molar-refractivity contribution in [2.45, 2.75) is 33.6 Å². The molecule has 0 aliphatic heterocycles. The monoisotopic (exact) mass is 236 g/mol. The molecule has 0 aromatic heterocycles. The summed E-state index contributed by atoms with van der Waals surface area (Å²) in [6, 6.07) is 0. The van der Waals surface area contributed by atoms with E-state index in [0.29, 0.717) is 12.5 Å². The molecule has 0 heterocycles. The van der Waals surface area contributed by atoms with Crippen molar-refractivity contribution in [3.8, 4) is 0 Å². The van der Waals surface area contributed by atoms with Crippen molar-refractivity contribution in [1.29, 1.82) is 0 Å². The smallest absolute Gasteiger partial charge is 0.0135 e. The summed E-state index contributed by atoms with van der Waals surface area (Å²) in [5.41, 5.74) is 6.82. The Bertz CT molecular complexity index is 252. The fourth-order valence-electron chi connectivity index (χ4n) is 1.44. The molecule has 0 aliphatic carbocycles. The summed E-state index contributed by atoms with van der Waals surface area (Å²) in [4.78, 5) is 0. The van der Waals surface area contributed by atoms with Crippen molar-refractivity contribution in [2.75, 3.05) is 19.6 Å². The minimum absolute atomic E-state index is 0.641. The number of allylic oxidation sites excluding steroid dienone is 3. The van der Waals surface area contributed by atoms with E-state index in [-0.39, 0.29) is 0 Å². The van der Waals surface area contributed by atoms with Crippen LogP contribution in [0.15, 0.2) is 36.0 Å². The molecule has 0 amide bonds. The number of hydrogen-bond acceptors (Lipinski definition) is 2. The number of nitrogens with two attached hydrogens (primary N) is 1. The molecule has 0 aliphatic rings. The number of rotatable bonds is 9. The second-order valence-electron chi connectivity index (χ2n) is 4.34. The summed E-state index contributed by atoms with van der Waals surface area (Å²) in [6.45, 7) is 9.18. The molecule has 98 valence electrons. The first kappa shape index (κ1) is 16.1. The molecule has 2 heteroatoms. The van der Waals surface area contributed by atoms with Gasteiger partial charge in [-0.25, -0.2) is 0 Å². The van der Waals surface area contributed by atoms with Gasteiger partial charge in [-0.05, 0) is 39.2 Å². The molecule has 0 rings (SSSR count). The molecule has 3 N–H and O–H groups in total. The van der Waals surface area contributed by atoms with Crippen LogP contribution in [0.3, 0.4) is 0 Å². The van der Waals surface area contributed by atoms with Gasteiger partial charge < -0.3 is 11.1 Å². The van der Waals surface area contributed by atoms with Crippen molar-refractivity contribution in [3.05, 3.63) is 36.0 Å². The lowest BCUT2D eigenvalue weighted by atomic mass is 9.99. The second kappa shape index (κ2) is 11.6. The van der Waals surface area contributed by atoms with E-state index in [0.717, 1.165) is 25.9 Å². The van der Waals surface area contributed by atoms with E-state index >= 15 is 0 Å². The molecular formula is C15H28N2. The van der Waals surface area contributed by atoms with E-state index in [4.69, 9.17) is 5.73 Å². The van der Waals surface area contributed by atoms with Crippen molar-refractivity contribution < 1.29 is 0 Å². The minimum Gasteiger partial charge on any atom is -0.327 e. The predicted molar refractivity (Wildman–Crippen MR) is 78.0 cm³/mol. The Kier molecular flexibility index (Phi) is 11.0. The van der Waals surface area contributed by atoms with E-state index < -0.39 is 0 Å². The summed E-state index contributed by atoms with van der Waals surface area (Å²) in [7, 11) is 0. The van der Waals surface area contributed by atoms with Crippen LogP contribution in [0.4, 0.5) is 0 Å². The highest BCUT2D eigenvalue weighted by molar-refractivity contribution is 5.02. The summed E-state index contributed by atoms with van der Waals surface area (Å²) in [5, 5.41) is 3.37. The fraction of sp³-hybridized carbons (Fsp3) is 0.600. The van der Waals surface area contributed by atoms with Gasteiger partial charge in [0, 0.05) is 13.1 Å². The van der Waals surface area contributed by atoms with E-state index in [2.05, 4.69) is 50.4 Å². The summed E-state index contributed by atoms with van der Waals surface area (Å²) >= 11 is 0. The zero-order chi connectivity index (χ0) is 12.9. The lowest BCUT2D eigenvalue weighted by Crippen LogP contribution is -2.14. The molecule has 0 spiro atoms. The van der Waals surface area contributed by atoms with Gasteiger partial charge in [-0.15, -0.1) is 0 Å². The highest BCUT2D eigenvalue weighted by Gasteiger charge is 1.99. The molecule has 2 nitrogen and oxygen atoms in total. The van der Waals surface area contributed by atoms with Crippen LogP contribution in [0.2, 0.25) is 0 Å². The molecular weight excluding hydrogens is 208 g/mol. The highest BCUT2D eigenvalue weighted by atomic mass is 14.8. The molecule has 1 unspecified atom stereocenters. The van der Waals surface area contributed by atoms with E-state index in [1.807, 2.05) is 6.08 Å². The van der Waals surface area contributed by atoms with Crippen LogP contribution in [-0.4, -0.2) is 19.6 Å². The predicted octanol–water partition coefficient (Wildman–Crippen LogP) is 3.03. The molecule has 0 bridgehead atoms. The highest BCUT2D eigenvalue weighted by Crippen LogP contribution is 2.13. The maximum Gasteiger partial charge on any atom is 0.0135 e. The van der Waals surface area contributed by atoms with E-state index in [1.54, 1.807) is 0 Å². The van der Waals surface area contributed by atoms with Gasteiger partial charge in [-0.1, -0.05) is 42.9 Å². The Morgan fingerprint density at radius 1 is 1.24 bits per heavy atom. The third-order valence-electron chi connectivity index (χ3n) is 2.94. The lowest BCUT2D eigenvalue weighted by Gasteiger charge is -2.08. The van der Waals surface area contributed by atoms with Gasteiger partial charge in [-0.2, -0.15) is 0 Å². The molecule has 0 saturated carbocycles. The quantitative estimate of drug-likeness (QED) is 0.477. The van der Waals surface area contributed by atoms with E-state index in [1.165, 1.54) is 5.57 Å². The van der Waals surface area contributed by atoms with Crippen LogP contribution in [-0.2, 0) is 0 Å². The standard InChI is InChI=1S/C15H28N2/c1-4-14(2)15(3)10-6-9-13-17-12-8-5-7-11-16/h4-7,9,15,17H,8,10-13,16H2,1-3H3/b7-5-,9-6-,14-4+. The van der Waals surface area contributed by atoms with Gasteiger partial charge in [0.1, 0.15) is 0 Å². The first-order valence-electron chi connectivity index (χ1n) is 6.56. The average molecular weight is 236 g/mol. The van der Waals surface area contributed by atoms with Crippen LogP contribution in [0.5, 0.6) is 0 Å². The lowest BCUT2D eigenvalue weighted by molar-refractivity contribution is 0.689. The van der Waals surface area contributed by atoms with Gasteiger partial charge >= 0.3 is 0 Å². The normalized spacial score (nSPS) is 14.9. The van der Waals surface area contributed by atoms with Gasteiger partial charge in [0.15, 0.2) is 0 Å². The zero-order valence-corrected chi connectivity index (χ0v) is 11.6. The molecule has 0 saturated heterocycles. The minimum atomic E-state index is 0.641. The van der Waals surface area contributed by atoms with Crippen LogP contribution in [0.25, 0.3) is 0 Å².